The van der Waals surface area contributed by atoms with Crippen molar-refractivity contribution in [3.8, 4) is 0 Å². The van der Waals surface area contributed by atoms with Crippen LogP contribution in [0.1, 0.15) is 21.7 Å². The molecule has 0 aliphatic heterocycles. The Morgan fingerprint density at radius 2 is 1.92 bits per heavy atom. The average Bonchev–Trinajstić information content (AvgIpc) is 3.19. The first kappa shape index (κ1) is 17.2. The molecule has 0 spiro atoms. The molecule has 0 fully saturated rings. The smallest absolute Gasteiger partial charge is 0.255 e. The summed E-state index contributed by atoms with van der Waals surface area (Å²) in [5, 5.41) is 5.57. The van der Waals surface area contributed by atoms with Gasteiger partial charge < -0.3 is 15.1 Å². The Hall–Kier alpha value is -3.67. The molecule has 1 aromatic carbocycles. The number of anilines is 1. The van der Waals surface area contributed by atoms with Crippen molar-refractivity contribution in [3.63, 3.8) is 0 Å². The van der Waals surface area contributed by atoms with Crippen molar-refractivity contribution >= 4 is 23.6 Å². The van der Waals surface area contributed by atoms with Gasteiger partial charge in [0.25, 0.3) is 5.91 Å². The van der Waals surface area contributed by atoms with E-state index in [2.05, 4.69) is 15.6 Å². The van der Waals surface area contributed by atoms with Gasteiger partial charge >= 0.3 is 0 Å². The number of hydrogen-bond donors (Lipinski definition) is 2. The largest absolute Gasteiger partial charge is 0.465 e. The molecule has 2 N–H and O–H groups in total. The molecule has 0 unspecified atom stereocenters. The van der Waals surface area contributed by atoms with Crippen molar-refractivity contribution < 1.29 is 14.0 Å². The summed E-state index contributed by atoms with van der Waals surface area (Å²) in [5.74, 6) is 0.144. The topological polar surface area (TPSA) is 84.2 Å². The molecule has 6 nitrogen and oxygen atoms in total. The molecule has 2 aromatic heterocycles. The molecule has 2 heterocycles. The summed E-state index contributed by atoms with van der Waals surface area (Å²) in [7, 11) is 0. The molecule has 26 heavy (non-hydrogen) atoms. The fourth-order valence-corrected chi connectivity index (χ4v) is 2.25. The van der Waals surface area contributed by atoms with Crippen molar-refractivity contribution in [2.75, 3.05) is 5.32 Å². The second-order valence-electron chi connectivity index (χ2n) is 5.46. The highest BCUT2D eigenvalue weighted by molar-refractivity contribution is 6.04. The number of carbonyl (C=O) groups excluding carboxylic acids is 2. The second-order valence-corrected chi connectivity index (χ2v) is 5.46. The van der Waals surface area contributed by atoms with Gasteiger partial charge in [-0.2, -0.15) is 0 Å². The zero-order valence-corrected chi connectivity index (χ0v) is 13.9. The minimum Gasteiger partial charge on any atom is -0.465 e. The molecule has 3 rings (SSSR count). The maximum atomic E-state index is 12.3. The Bertz CT molecular complexity index is 903. The Labute approximate surface area is 150 Å². The molecule has 0 saturated heterocycles. The summed E-state index contributed by atoms with van der Waals surface area (Å²) in [6, 6.07) is 14.0. The Morgan fingerprint density at radius 1 is 1.08 bits per heavy atom. The van der Waals surface area contributed by atoms with Gasteiger partial charge in [-0.25, -0.2) is 0 Å². The first-order valence-corrected chi connectivity index (χ1v) is 8.00. The van der Waals surface area contributed by atoms with Crippen LogP contribution in [0, 0.1) is 0 Å². The standard InChI is InChI=1S/C20H17N3O3/c24-19(7-6-18-5-2-12-26-18)22-14-15-3-1-4-16(13-15)20(25)23-17-8-10-21-11-9-17/h1-13H,14H2,(H,22,24)(H,21,23,25). The number of amides is 2. The van der Waals surface area contributed by atoms with Crippen LogP contribution in [0.3, 0.4) is 0 Å². The van der Waals surface area contributed by atoms with E-state index in [0.717, 1.165) is 5.56 Å². The summed E-state index contributed by atoms with van der Waals surface area (Å²) in [6.45, 7) is 0.317. The first-order valence-electron chi connectivity index (χ1n) is 8.00. The summed E-state index contributed by atoms with van der Waals surface area (Å²) in [4.78, 5) is 28.1. The van der Waals surface area contributed by atoms with Crippen molar-refractivity contribution in [2.24, 2.45) is 0 Å². The molecule has 2 amide bonds. The summed E-state index contributed by atoms with van der Waals surface area (Å²) < 4.78 is 5.12. The van der Waals surface area contributed by atoms with E-state index in [1.807, 2.05) is 6.07 Å². The third kappa shape index (κ3) is 4.91. The van der Waals surface area contributed by atoms with Gasteiger partial charge in [-0.05, 0) is 48.0 Å². The molecule has 0 saturated carbocycles. The van der Waals surface area contributed by atoms with E-state index in [1.165, 1.54) is 6.08 Å². The third-order valence-electron chi connectivity index (χ3n) is 3.54. The van der Waals surface area contributed by atoms with Gasteiger partial charge in [0.05, 0.1) is 6.26 Å². The van der Waals surface area contributed by atoms with Gasteiger partial charge in [0.1, 0.15) is 5.76 Å². The highest BCUT2D eigenvalue weighted by atomic mass is 16.3. The molecule has 130 valence electrons. The molecule has 0 radical (unpaired) electrons. The lowest BCUT2D eigenvalue weighted by atomic mass is 10.1. The number of rotatable bonds is 6. The fraction of sp³-hybridized carbons (Fsp3) is 0.0500. The van der Waals surface area contributed by atoms with Crippen LogP contribution < -0.4 is 10.6 Å². The lowest BCUT2D eigenvalue weighted by Gasteiger charge is -2.07. The SMILES string of the molecule is O=C(C=Cc1ccco1)NCc1cccc(C(=O)Nc2ccncc2)c1. The molecular formula is C20H17N3O3. The zero-order valence-electron chi connectivity index (χ0n) is 13.9. The monoisotopic (exact) mass is 347 g/mol. The van der Waals surface area contributed by atoms with Crippen LogP contribution in [0.2, 0.25) is 0 Å². The third-order valence-corrected chi connectivity index (χ3v) is 3.54. The van der Waals surface area contributed by atoms with Crippen LogP contribution in [0.5, 0.6) is 0 Å². The van der Waals surface area contributed by atoms with Crippen LogP contribution in [0.25, 0.3) is 6.08 Å². The lowest BCUT2D eigenvalue weighted by molar-refractivity contribution is -0.116. The van der Waals surface area contributed by atoms with Crippen LogP contribution in [-0.4, -0.2) is 16.8 Å². The van der Waals surface area contributed by atoms with E-state index in [0.29, 0.717) is 23.6 Å². The molecule has 6 heteroatoms. The van der Waals surface area contributed by atoms with Gasteiger partial charge in [-0.3, -0.25) is 14.6 Å². The summed E-state index contributed by atoms with van der Waals surface area (Å²) >= 11 is 0. The lowest BCUT2D eigenvalue weighted by Crippen LogP contribution is -2.20. The number of benzene rings is 1. The quantitative estimate of drug-likeness (QED) is 0.670. The van der Waals surface area contributed by atoms with Crippen molar-refractivity contribution in [2.45, 2.75) is 6.54 Å². The minimum atomic E-state index is -0.243. The van der Waals surface area contributed by atoms with Crippen LogP contribution in [-0.2, 0) is 11.3 Å². The maximum absolute atomic E-state index is 12.3. The number of carbonyl (C=O) groups is 2. The van der Waals surface area contributed by atoms with Gasteiger partial charge in [0, 0.05) is 36.3 Å². The zero-order chi connectivity index (χ0) is 18.2. The van der Waals surface area contributed by atoms with Crippen molar-refractivity contribution in [1.29, 1.82) is 0 Å². The summed E-state index contributed by atoms with van der Waals surface area (Å²) in [6.07, 6.45) is 7.75. The Morgan fingerprint density at radius 3 is 2.69 bits per heavy atom. The van der Waals surface area contributed by atoms with Crippen LogP contribution in [0.4, 0.5) is 5.69 Å². The number of aromatic nitrogens is 1. The van der Waals surface area contributed by atoms with E-state index < -0.39 is 0 Å². The molecule has 3 aromatic rings. The van der Waals surface area contributed by atoms with Crippen molar-refractivity contribution in [3.05, 3.63) is 90.2 Å². The molecule has 0 bridgehead atoms. The Balaban J connectivity index is 1.57. The number of pyridine rings is 1. The van der Waals surface area contributed by atoms with E-state index in [4.69, 9.17) is 4.42 Å². The second kappa shape index (κ2) is 8.43. The molecular weight excluding hydrogens is 330 g/mol. The van der Waals surface area contributed by atoms with Gasteiger partial charge in [0.15, 0.2) is 0 Å². The minimum absolute atomic E-state index is 0.220. The predicted octanol–water partition coefficient (Wildman–Crippen LogP) is 3.26. The van der Waals surface area contributed by atoms with E-state index in [1.54, 1.807) is 67.2 Å². The predicted molar refractivity (Wildman–Crippen MR) is 98.2 cm³/mol. The number of furan rings is 1. The fourth-order valence-electron chi connectivity index (χ4n) is 2.25. The van der Waals surface area contributed by atoms with E-state index in [-0.39, 0.29) is 11.8 Å². The first-order chi connectivity index (χ1) is 12.7. The maximum Gasteiger partial charge on any atom is 0.255 e. The highest BCUT2D eigenvalue weighted by Gasteiger charge is 2.07. The van der Waals surface area contributed by atoms with E-state index >= 15 is 0 Å². The van der Waals surface area contributed by atoms with Crippen LogP contribution >= 0.6 is 0 Å². The number of hydrogen-bond acceptors (Lipinski definition) is 4. The number of nitrogens with zero attached hydrogens (tertiary/aromatic N) is 1. The molecule has 0 aliphatic carbocycles. The molecule has 0 aliphatic rings. The van der Waals surface area contributed by atoms with Crippen LogP contribution in [0.15, 0.2) is 77.7 Å². The molecule has 0 atom stereocenters. The average molecular weight is 347 g/mol. The number of nitrogens with one attached hydrogen (secondary N) is 2. The van der Waals surface area contributed by atoms with Gasteiger partial charge in [0.2, 0.25) is 5.91 Å². The normalized spacial score (nSPS) is 10.6. The van der Waals surface area contributed by atoms with Gasteiger partial charge in [-0.15, -0.1) is 0 Å². The van der Waals surface area contributed by atoms with Crippen molar-refractivity contribution in [1.82, 2.24) is 10.3 Å². The Kier molecular flexibility index (Phi) is 5.57. The van der Waals surface area contributed by atoms with Gasteiger partial charge in [-0.1, -0.05) is 12.1 Å². The summed E-state index contributed by atoms with van der Waals surface area (Å²) in [5.41, 5.74) is 2.01. The highest BCUT2D eigenvalue weighted by Crippen LogP contribution is 2.10. The van der Waals surface area contributed by atoms with E-state index in [9.17, 15) is 9.59 Å².